The molecule has 10 aromatic rings. The molecule has 2 aromatic heterocycles. The van der Waals surface area contributed by atoms with E-state index in [1.807, 2.05) is 11.3 Å². The van der Waals surface area contributed by atoms with Gasteiger partial charge in [0.1, 0.15) is 5.58 Å². The predicted octanol–water partition coefficient (Wildman–Crippen LogP) is 14.4. The summed E-state index contributed by atoms with van der Waals surface area (Å²) >= 11 is 1.87. The predicted molar refractivity (Wildman–Crippen MR) is 218 cm³/mol. The van der Waals surface area contributed by atoms with E-state index in [0.717, 1.165) is 50.1 Å². The molecule has 0 radical (unpaired) electrons. The second-order valence-corrected chi connectivity index (χ2v) is 13.9. The van der Waals surface area contributed by atoms with Crippen LogP contribution in [0.5, 0.6) is 0 Å². The number of hydrogen-bond acceptors (Lipinski definition) is 3. The number of fused-ring (bicyclic) bond motifs is 6. The van der Waals surface area contributed by atoms with Crippen molar-refractivity contribution < 1.29 is 4.42 Å². The van der Waals surface area contributed by atoms with Crippen LogP contribution < -0.4 is 4.90 Å². The van der Waals surface area contributed by atoms with Crippen LogP contribution in [0.2, 0.25) is 0 Å². The van der Waals surface area contributed by atoms with Gasteiger partial charge in [0.25, 0.3) is 0 Å². The third kappa shape index (κ3) is 4.93. The maximum absolute atomic E-state index is 6.94. The molecule has 0 aliphatic rings. The zero-order valence-corrected chi connectivity index (χ0v) is 28.5. The van der Waals surface area contributed by atoms with E-state index in [-0.39, 0.29) is 0 Å². The van der Waals surface area contributed by atoms with Gasteiger partial charge in [-0.15, -0.1) is 11.3 Å². The number of hydrogen-bond donors (Lipinski definition) is 0. The van der Waals surface area contributed by atoms with Gasteiger partial charge in [-0.3, -0.25) is 0 Å². The third-order valence-corrected chi connectivity index (χ3v) is 11.1. The lowest BCUT2D eigenvalue weighted by atomic mass is 9.92. The Bertz CT molecular complexity index is 2850. The molecule has 0 unspecified atom stereocenters. The first-order valence-electron chi connectivity index (χ1n) is 17.3. The van der Waals surface area contributed by atoms with Crippen LogP contribution in [0.3, 0.4) is 0 Å². The molecule has 3 heteroatoms. The van der Waals surface area contributed by atoms with Gasteiger partial charge >= 0.3 is 0 Å². The number of thiophene rings is 1. The molecule has 0 bridgehead atoms. The number of rotatable bonds is 6. The first-order valence-corrected chi connectivity index (χ1v) is 18.1. The summed E-state index contributed by atoms with van der Waals surface area (Å²) in [6, 6.07) is 67.2. The molecule has 0 atom stereocenters. The van der Waals surface area contributed by atoms with Crippen LogP contribution in [0.1, 0.15) is 0 Å². The van der Waals surface area contributed by atoms with Crippen molar-refractivity contribution in [1.82, 2.24) is 0 Å². The van der Waals surface area contributed by atoms with Crippen molar-refractivity contribution in [3.63, 3.8) is 0 Å². The number of benzene rings is 8. The monoisotopic (exact) mass is 669 g/mol. The highest BCUT2D eigenvalue weighted by atomic mass is 32.1. The highest BCUT2D eigenvalue weighted by molar-refractivity contribution is 7.26. The van der Waals surface area contributed by atoms with Gasteiger partial charge in [0.2, 0.25) is 0 Å². The maximum Gasteiger partial charge on any atom is 0.159 e. The molecule has 0 saturated heterocycles. The number of para-hydroxylation sites is 3. The van der Waals surface area contributed by atoms with Crippen LogP contribution in [-0.2, 0) is 0 Å². The molecule has 0 saturated carbocycles. The number of anilines is 3. The van der Waals surface area contributed by atoms with Crippen LogP contribution in [0, 0.1) is 0 Å². The van der Waals surface area contributed by atoms with E-state index in [4.69, 9.17) is 4.42 Å². The summed E-state index contributed by atoms with van der Waals surface area (Å²) in [5.41, 5.74) is 11.9. The largest absolute Gasteiger partial charge is 0.453 e. The lowest BCUT2D eigenvalue weighted by Crippen LogP contribution is -2.10. The van der Waals surface area contributed by atoms with Gasteiger partial charge in [0.15, 0.2) is 5.58 Å². The highest BCUT2D eigenvalue weighted by Crippen LogP contribution is 2.47. The van der Waals surface area contributed by atoms with Crippen LogP contribution in [0.4, 0.5) is 17.1 Å². The summed E-state index contributed by atoms with van der Waals surface area (Å²) in [6.07, 6.45) is 0. The molecule has 2 heterocycles. The molecule has 0 fully saturated rings. The SMILES string of the molecule is c1ccc(-c2cc(N(c3ccccc3)c3cccc4c3oc3c(-c5ccccc5)cccc34)ccc2-c2cccc3c2sc2ccccc23)cc1. The Labute approximate surface area is 300 Å². The van der Waals surface area contributed by atoms with Crippen LogP contribution in [0.25, 0.3) is 75.5 Å². The fourth-order valence-electron chi connectivity index (χ4n) is 7.55. The van der Waals surface area contributed by atoms with Crippen LogP contribution in [0.15, 0.2) is 192 Å². The van der Waals surface area contributed by atoms with Crippen molar-refractivity contribution in [3.8, 4) is 33.4 Å². The Morgan fingerprint density at radius 2 is 0.961 bits per heavy atom. The maximum atomic E-state index is 6.94. The summed E-state index contributed by atoms with van der Waals surface area (Å²) in [4.78, 5) is 2.34. The highest BCUT2D eigenvalue weighted by Gasteiger charge is 2.22. The summed E-state index contributed by atoms with van der Waals surface area (Å²) in [7, 11) is 0. The fourth-order valence-corrected chi connectivity index (χ4v) is 8.78. The van der Waals surface area contributed by atoms with Gasteiger partial charge in [-0.1, -0.05) is 152 Å². The summed E-state index contributed by atoms with van der Waals surface area (Å²) in [5.74, 6) is 0. The van der Waals surface area contributed by atoms with E-state index < -0.39 is 0 Å². The second kappa shape index (κ2) is 12.2. The zero-order chi connectivity index (χ0) is 33.7. The standard InChI is InChI=1S/C48H31NOS/c1-4-15-32(16-5-1)36-22-12-23-39-40-24-14-27-44(47(40)50-46(36)39)49(34-19-8-3-9-20-34)35-29-30-37(43(31-35)33-17-6-2-7-18-33)41-25-13-26-42-38-21-10-11-28-45(38)51-48(41)42/h1-31H. The lowest BCUT2D eigenvalue weighted by Gasteiger charge is -2.27. The van der Waals surface area contributed by atoms with E-state index in [1.165, 1.54) is 42.4 Å². The first-order chi connectivity index (χ1) is 25.3. The average molecular weight is 670 g/mol. The summed E-state index contributed by atoms with van der Waals surface area (Å²) < 4.78 is 9.56. The molecule has 0 aliphatic carbocycles. The van der Waals surface area contributed by atoms with Gasteiger partial charge in [-0.2, -0.15) is 0 Å². The van der Waals surface area contributed by atoms with Crippen molar-refractivity contribution in [2.24, 2.45) is 0 Å². The Hall–Kier alpha value is -6.42. The van der Waals surface area contributed by atoms with Crippen LogP contribution >= 0.6 is 11.3 Å². The second-order valence-electron chi connectivity index (χ2n) is 12.9. The fraction of sp³-hybridized carbons (Fsp3) is 0. The Balaban J connectivity index is 1.22. The average Bonchev–Trinajstić information content (AvgIpc) is 3.79. The normalized spacial score (nSPS) is 11.5. The van der Waals surface area contributed by atoms with Crippen molar-refractivity contribution >= 4 is 70.5 Å². The molecule has 0 N–H and O–H groups in total. The molecule has 240 valence electrons. The number of nitrogens with zero attached hydrogens (tertiary/aromatic N) is 1. The summed E-state index contributed by atoms with van der Waals surface area (Å²) in [6.45, 7) is 0. The van der Waals surface area contributed by atoms with Crippen molar-refractivity contribution in [1.29, 1.82) is 0 Å². The molecule has 2 nitrogen and oxygen atoms in total. The lowest BCUT2D eigenvalue weighted by molar-refractivity contribution is 0.670. The van der Waals surface area contributed by atoms with Crippen molar-refractivity contribution in [2.75, 3.05) is 4.90 Å². The summed E-state index contributed by atoms with van der Waals surface area (Å²) in [5, 5.41) is 4.81. The van der Waals surface area contributed by atoms with Crippen LogP contribution in [-0.4, -0.2) is 0 Å². The van der Waals surface area contributed by atoms with Crippen molar-refractivity contribution in [2.45, 2.75) is 0 Å². The number of furan rings is 1. The Morgan fingerprint density at radius 3 is 1.73 bits per heavy atom. The minimum Gasteiger partial charge on any atom is -0.453 e. The molecule has 0 spiro atoms. The third-order valence-electron chi connectivity index (χ3n) is 9.88. The Kier molecular flexibility index (Phi) is 7.04. The van der Waals surface area contributed by atoms with E-state index >= 15 is 0 Å². The molecule has 10 rings (SSSR count). The molecular formula is C48H31NOS. The smallest absolute Gasteiger partial charge is 0.159 e. The molecule has 0 aliphatic heterocycles. The van der Waals surface area contributed by atoms with E-state index in [0.29, 0.717) is 0 Å². The topological polar surface area (TPSA) is 16.4 Å². The minimum atomic E-state index is 0.861. The molecule has 0 amide bonds. The molecule has 51 heavy (non-hydrogen) atoms. The van der Waals surface area contributed by atoms with E-state index in [1.54, 1.807) is 0 Å². The quantitative estimate of drug-likeness (QED) is 0.175. The minimum absolute atomic E-state index is 0.861. The van der Waals surface area contributed by atoms with Gasteiger partial charge < -0.3 is 9.32 Å². The van der Waals surface area contributed by atoms with Gasteiger partial charge in [-0.25, -0.2) is 0 Å². The van der Waals surface area contributed by atoms with Gasteiger partial charge in [0.05, 0.1) is 5.69 Å². The molecule has 8 aromatic carbocycles. The van der Waals surface area contributed by atoms with Gasteiger partial charge in [0, 0.05) is 53.4 Å². The first kappa shape index (κ1) is 29.5. The Morgan fingerprint density at radius 1 is 0.373 bits per heavy atom. The van der Waals surface area contributed by atoms with E-state index in [9.17, 15) is 0 Å². The van der Waals surface area contributed by atoms with Gasteiger partial charge in [-0.05, 0) is 58.7 Å². The molecular weight excluding hydrogens is 639 g/mol. The van der Waals surface area contributed by atoms with E-state index in [2.05, 4.69) is 193 Å². The zero-order valence-electron chi connectivity index (χ0n) is 27.7. The van der Waals surface area contributed by atoms with Crippen molar-refractivity contribution in [3.05, 3.63) is 188 Å².